The third-order valence-electron chi connectivity index (χ3n) is 4.43. The van der Waals surface area contributed by atoms with Crippen LogP contribution in [-0.4, -0.2) is 44.2 Å². The van der Waals surface area contributed by atoms with E-state index in [4.69, 9.17) is 4.74 Å². The minimum atomic E-state index is -0.196. The average Bonchev–Trinajstić information content (AvgIpc) is 3.12. The molecular formula is C19H22FN3O2. The molecule has 0 unspecified atom stereocenters. The molecule has 3 rings (SSSR count). The summed E-state index contributed by atoms with van der Waals surface area (Å²) in [6.07, 6.45) is 2.55. The number of nitrogens with zero attached hydrogens (tertiary/aromatic N) is 2. The first-order valence-electron chi connectivity index (χ1n) is 8.41. The summed E-state index contributed by atoms with van der Waals surface area (Å²) in [6.45, 7) is 2.62. The van der Waals surface area contributed by atoms with Gasteiger partial charge in [-0.2, -0.15) is 0 Å². The van der Waals surface area contributed by atoms with E-state index < -0.39 is 0 Å². The van der Waals surface area contributed by atoms with Crippen LogP contribution in [0.1, 0.15) is 28.3 Å². The van der Waals surface area contributed by atoms with Crippen LogP contribution in [0.3, 0.4) is 0 Å². The highest BCUT2D eigenvalue weighted by Gasteiger charge is 2.25. The number of anilines is 1. The topological polar surface area (TPSA) is 54.5 Å². The van der Waals surface area contributed by atoms with Crippen LogP contribution in [0.4, 0.5) is 10.2 Å². The molecule has 1 aliphatic rings. The molecule has 1 amide bonds. The third kappa shape index (κ3) is 4.33. The number of ether oxygens (including phenoxy) is 1. The molecule has 0 radical (unpaired) electrons. The minimum absolute atomic E-state index is 0.157. The Bertz CT molecular complexity index is 721. The van der Waals surface area contributed by atoms with Gasteiger partial charge in [0.15, 0.2) is 0 Å². The van der Waals surface area contributed by atoms with Gasteiger partial charge in [0, 0.05) is 38.9 Å². The third-order valence-corrected chi connectivity index (χ3v) is 4.43. The number of amides is 1. The van der Waals surface area contributed by atoms with E-state index in [1.165, 1.54) is 6.07 Å². The number of aromatic nitrogens is 1. The van der Waals surface area contributed by atoms with Gasteiger partial charge in [0.2, 0.25) is 0 Å². The highest BCUT2D eigenvalue weighted by atomic mass is 19.1. The molecular weight excluding hydrogens is 321 g/mol. The fourth-order valence-electron chi connectivity index (χ4n) is 3.08. The molecule has 0 bridgehead atoms. The Morgan fingerprint density at radius 3 is 3.00 bits per heavy atom. The standard InChI is InChI=1S/C19H22FN3O2/c1-25-10-8-21-19(24)15-5-6-18(22-12-15)23-9-7-16(13-23)14-3-2-4-17(20)11-14/h2-6,11-12,16H,7-10,13H2,1H3,(H,21,24)/t16-/m0/s1. The van der Waals surface area contributed by atoms with E-state index in [0.717, 1.165) is 30.9 Å². The molecule has 6 heteroatoms. The molecule has 0 aliphatic carbocycles. The van der Waals surface area contributed by atoms with E-state index in [1.807, 2.05) is 12.1 Å². The number of hydrogen-bond acceptors (Lipinski definition) is 4. The predicted molar refractivity (Wildman–Crippen MR) is 94.4 cm³/mol. The van der Waals surface area contributed by atoms with Crippen LogP contribution in [0.25, 0.3) is 0 Å². The van der Waals surface area contributed by atoms with Crippen LogP contribution >= 0.6 is 0 Å². The van der Waals surface area contributed by atoms with Crippen molar-refractivity contribution in [2.75, 3.05) is 38.3 Å². The Kier molecular flexibility index (Phi) is 5.60. The summed E-state index contributed by atoms with van der Waals surface area (Å²) in [6, 6.07) is 10.4. The van der Waals surface area contributed by atoms with E-state index in [-0.39, 0.29) is 11.7 Å². The maximum absolute atomic E-state index is 13.4. The maximum Gasteiger partial charge on any atom is 0.252 e. The monoisotopic (exact) mass is 343 g/mol. The second kappa shape index (κ2) is 8.07. The van der Waals surface area contributed by atoms with Crippen molar-refractivity contribution in [2.24, 2.45) is 0 Å². The molecule has 0 saturated carbocycles. The molecule has 132 valence electrons. The fraction of sp³-hybridized carbons (Fsp3) is 0.368. The highest BCUT2D eigenvalue weighted by Crippen LogP contribution is 2.30. The quantitative estimate of drug-likeness (QED) is 0.819. The molecule has 1 saturated heterocycles. The van der Waals surface area contributed by atoms with Crippen molar-refractivity contribution in [3.8, 4) is 0 Å². The van der Waals surface area contributed by atoms with E-state index in [2.05, 4.69) is 15.2 Å². The fourth-order valence-corrected chi connectivity index (χ4v) is 3.08. The predicted octanol–water partition coefficient (Wildman–Crippen LogP) is 2.59. The molecule has 2 heterocycles. The van der Waals surface area contributed by atoms with Crippen LogP contribution in [0.5, 0.6) is 0 Å². The van der Waals surface area contributed by atoms with Gasteiger partial charge in [-0.25, -0.2) is 9.37 Å². The summed E-state index contributed by atoms with van der Waals surface area (Å²) < 4.78 is 18.3. The summed E-state index contributed by atoms with van der Waals surface area (Å²) in [5.41, 5.74) is 1.55. The van der Waals surface area contributed by atoms with Crippen LogP contribution in [0.15, 0.2) is 42.6 Å². The lowest BCUT2D eigenvalue weighted by atomic mass is 9.98. The summed E-state index contributed by atoms with van der Waals surface area (Å²) in [5.74, 6) is 0.787. The zero-order valence-corrected chi connectivity index (χ0v) is 14.2. The second-order valence-corrected chi connectivity index (χ2v) is 6.14. The SMILES string of the molecule is COCCNC(=O)c1ccc(N2CC[C@H](c3cccc(F)c3)C2)nc1. The van der Waals surface area contributed by atoms with E-state index in [1.54, 1.807) is 31.5 Å². The van der Waals surface area contributed by atoms with Gasteiger partial charge in [0.1, 0.15) is 11.6 Å². The number of hydrogen-bond donors (Lipinski definition) is 1. The molecule has 1 aromatic carbocycles. The first-order chi connectivity index (χ1) is 12.2. The van der Waals surface area contributed by atoms with Gasteiger partial charge in [0.05, 0.1) is 12.2 Å². The summed E-state index contributed by atoms with van der Waals surface area (Å²) in [7, 11) is 1.59. The van der Waals surface area contributed by atoms with Crippen LogP contribution in [0, 0.1) is 5.82 Å². The Balaban J connectivity index is 1.60. The minimum Gasteiger partial charge on any atom is -0.383 e. The normalized spacial score (nSPS) is 16.9. The van der Waals surface area contributed by atoms with Crippen molar-refractivity contribution in [3.63, 3.8) is 0 Å². The number of halogens is 1. The van der Waals surface area contributed by atoms with Gasteiger partial charge < -0.3 is 15.0 Å². The van der Waals surface area contributed by atoms with Crippen molar-refractivity contribution >= 4 is 11.7 Å². The van der Waals surface area contributed by atoms with E-state index in [9.17, 15) is 9.18 Å². The second-order valence-electron chi connectivity index (χ2n) is 6.14. The Morgan fingerprint density at radius 2 is 2.28 bits per heavy atom. The molecule has 1 aliphatic heterocycles. The van der Waals surface area contributed by atoms with Crippen LogP contribution in [0.2, 0.25) is 0 Å². The van der Waals surface area contributed by atoms with Gasteiger partial charge in [-0.1, -0.05) is 12.1 Å². The van der Waals surface area contributed by atoms with Crippen molar-refractivity contribution < 1.29 is 13.9 Å². The molecule has 1 aromatic heterocycles. The number of rotatable bonds is 6. The van der Waals surface area contributed by atoms with E-state index >= 15 is 0 Å². The zero-order chi connectivity index (χ0) is 17.6. The van der Waals surface area contributed by atoms with Crippen molar-refractivity contribution in [1.82, 2.24) is 10.3 Å². The largest absolute Gasteiger partial charge is 0.383 e. The number of methoxy groups -OCH3 is 1. The first-order valence-corrected chi connectivity index (χ1v) is 8.41. The Labute approximate surface area is 146 Å². The molecule has 0 spiro atoms. The average molecular weight is 343 g/mol. The van der Waals surface area contributed by atoms with Crippen LogP contribution in [-0.2, 0) is 4.74 Å². The van der Waals surface area contributed by atoms with Crippen molar-refractivity contribution in [3.05, 3.63) is 59.5 Å². The van der Waals surface area contributed by atoms with Gasteiger partial charge in [-0.15, -0.1) is 0 Å². The highest BCUT2D eigenvalue weighted by molar-refractivity contribution is 5.94. The Hall–Kier alpha value is -2.47. The number of nitrogens with one attached hydrogen (secondary N) is 1. The first kappa shape index (κ1) is 17.4. The number of benzene rings is 1. The van der Waals surface area contributed by atoms with Crippen molar-refractivity contribution in [2.45, 2.75) is 12.3 Å². The lowest BCUT2D eigenvalue weighted by Gasteiger charge is -2.18. The number of pyridine rings is 1. The lowest BCUT2D eigenvalue weighted by Crippen LogP contribution is -2.27. The van der Waals surface area contributed by atoms with Gasteiger partial charge in [-0.05, 0) is 36.2 Å². The molecule has 25 heavy (non-hydrogen) atoms. The smallest absolute Gasteiger partial charge is 0.252 e. The molecule has 1 N–H and O–H groups in total. The Morgan fingerprint density at radius 1 is 1.40 bits per heavy atom. The molecule has 1 fully saturated rings. The zero-order valence-electron chi connectivity index (χ0n) is 14.2. The number of carbonyl (C=O) groups excluding carboxylic acids is 1. The summed E-state index contributed by atoms with van der Waals surface area (Å²) in [4.78, 5) is 18.5. The van der Waals surface area contributed by atoms with Gasteiger partial charge in [0.25, 0.3) is 5.91 Å². The summed E-state index contributed by atoms with van der Waals surface area (Å²) in [5, 5.41) is 2.77. The maximum atomic E-state index is 13.4. The molecule has 5 nitrogen and oxygen atoms in total. The summed E-state index contributed by atoms with van der Waals surface area (Å²) >= 11 is 0. The van der Waals surface area contributed by atoms with Gasteiger partial charge in [-0.3, -0.25) is 4.79 Å². The lowest BCUT2D eigenvalue weighted by molar-refractivity contribution is 0.0937. The molecule has 1 atom stereocenters. The van der Waals surface area contributed by atoms with Gasteiger partial charge >= 0.3 is 0 Å². The molecule has 2 aromatic rings. The van der Waals surface area contributed by atoms with E-state index in [0.29, 0.717) is 24.6 Å². The number of carbonyl (C=O) groups is 1. The van der Waals surface area contributed by atoms with Crippen molar-refractivity contribution in [1.29, 1.82) is 0 Å². The van der Waals surface area contributed by atoms with Crippen LogP contribution < -0.4 is 10.2 Å².